The van der Waals surface area contributed by atoms with Crippen LogP contribution in [0.2, 0.25) is 0 Å². The predicted molar refractivity (Wildman–Crippen MR) is 72.0 cm³/mol. The highest BCUT2D eigenvalue weighted by atomic mass is 16.1. The summed E-state index contributed by atoms with van der Waals surface area (Å²) in [5.41, 5.74) is 0. The van der Waals surface area contributed by atoms with Crippen LogP contribution < -0.4 is 10.6 Å². The third-order valence-electron chi connectivity index (χ3n) is 3.56. The van der Waals surface area contributed by atoms with Crippen molar-refractivity contribution in [2.75, 3.05) is 19.6 Å². The van der Waals surface area contributed by atoms with E-state index in [1.54, 1.807) is 0 Å². The maximum Gasteiger partial charge on any atom is 0.221 e. The second-order valence-corrected chi connectivity index (χ2v) is 5.14. The van der Waals surface area contributed by atoms with E-state index in [1.807, 2.05) is 0 Å². The fourth-order valence-electron chi connectivity index (χ4n) is 2.46. The Bertz CT molecular complexity index is 200. The summed E-state index contributed by atoms with van der Waals surface area (Å²) in [6.45, 7) is 4.78. The highest BCUT2D eigenvalue weighted by Crippen LogP contribution is 2.25. The van der Waals surface area contributed by atoms with Crippen molar-refractivity contribution in [3.05, 3.63) is 0 Å². The van der Waals surface area contributed by atoms with Gasteiger partial charge in [-0.2, -0.15) is 0 Å². The zero-order valence-corrected chi connectivity index (χ0v) is 11.3. The van der Waals surface area contributed by atoms with E-state index in [1.165, 1.54) is 38.5 Å². The van der Waals surface area contributed by atoms with Crippen LogP contribution in [0.1, 0.15) is 58.3 Å². The summed E-state index contributed by atoms with van der Waals surface area (Å²) in [6, 6.07) is 0. The fourth-order valence-corrected chi connectivity index (χ4v) is 2.46. The van der Waals surface area contributed by atoms with E-state index in [4.69, 9.17) is 0 Å². The van der Waals surface area contributed by atoms with E-state index >= 15 is 0 Å². The molecule has 0 aromatic carbocycles. The van der Waals surface area contributed by atoms with E-state index in [2.05, 4.69) is 17.6 Å². The molecule has 0 aromatic rings. The minimum Gasteiger partial charge on any atom is -0.356 e. The molecule has 100 valence electrons. The summed E-state index contributed by atoms with van der Waals surface area (Å²) < 4.78 is 0. The highest BCUT2D eigenvalue weighted by Gasteiger charge is 2.12. The number of hydrogen-bond donors (Lipinski definition) is 2. The molecule has 1 aliphatic rings. The number of hydrogen-bond acceptors (Lipinski definition) is 2. The lowest BCUT2D eigenvalue weighted by Gasteiger charge is -2.21. The quantitative estimate of drug-likeness (QED) is 0.640. The summed E-state index contributed by atoms with van der Waals surface area (Å²) in [5, 5.41) is 6.27. The lowest BCUT2D eigenvalue weighted by Crippen LogP contribution is -2.29. The number of nitrogens with one attached hydrogen (secondary N) is 2. The Hall–Kier alpha value is -0.570. The van der Waals surface area contributed by atoms with E-state index in [-0.39, 0.29) is 5.91 Å². The van der Waals surface area contributed by atoms with Gasteiger partial charge >= 0.3 is 0 Å². The van der Waals surface area contributed by atoms with Crippen LogP contribution >= 0.6 is 0 Å². The Morgan fingerprint density at radius 1 is 1.12 bits per heavy atom. The summed E-state index contributed by atoms with van der Waals surface area (Å²) in [7, 11) is 0. The van der Waals surface area contributed by atoms with E-state index in [0.29, 0.717) is 6.42 Å². The van der Waals surface area contributed by atoms with Crippen LogP contribution in [0.15, 0.2) is 0 Å². The van der Waals surface area contributed by atoms with Gasteiger partial charge in [-0.05, 0) is 25.3 Å². The molecule has 2 N–H and O–H groups in total. The molecule has 3 nitrogen and oxygen atoms in total. The zero-order chi connectivity index (χ0) is 12.3. The maximum absolute atomic E-state index is 11.3. The van der Waals surface area contributed by atoms with Crippen molar-refractivity contribution >= 4 is 5.91 Å². The first-order valence-corrected chi connectivity index (χ1v) is 7.30. The first-order valence-electron chi connectivity index (χ1n) is 7.30. The second kappa shape index (κ2) is 9.46. The van der Waals surface area contributed by atoms with Crippen LogP contribution in [0.5, 0.6) is 0 Å². The van der Waals surface area contributed by atoms with Gasteiger partial charge < -0.3 is 10.6 Å². The molecule has 1 fully saturated rings. The van der Waals surface area contributed by atoms with Crippen molar-refractivity contribution in [2.45, 2.75) is 58.3 Å². The molecule has 0 heterocycles. The van der Waals surface area contributed by atoms with Gasteiger partial charge in [0.2, 0.25) is 5.91 Å². The van der Waals surface area contributed by atoms with Gasteiger partial charge in [-0.1, -0.05) is 39.0 Å². The standard InChI is InChI=1S/C14H28N2O/c1-2-10-16-14(17)9-12-15-11-8-13-6-4-3-5-7-13/h13,15H,2-12H2,1H3,(H,16,17). The van der Waals surface area contributed by atoms with Gasteiger partial charge in [0.25, 0.3) is 0 Å². The van der Waals surface area contributed by atoms with E-state index in [0.717, 1.165) is 32.0 Å². The maximum atomic E-state index is 11.3. The monoisotopic (exact) mass is 240 g/mol. The van der Waals surface area contributed by atoms with Gasteiger partial charge in [-0.25, -0.2) is 0 Å². The Morgan fingerprint density at radius 3 is 2.59 bits per heavy atom. The fraction of sp³-hybridized carbons (Fsp3) is 0.929. The van der Waals surface area contributed by atoms with Crippen LogP contribution in [0, 0.1) is 5.92 Å². The lowest BCUT2D eigenvalue weighted by atomic mass is 9.87. The topological polar surface area (TPSA) is 41.1 Å². The molecular weight excluding hydrogens is 212 g/mol. The van der Waals surface area contributed by atoms with Crippen LogP contribution in [-0.4, -0.2) is 25.5 Å². The average molecular weight is 240 g/mol. The second-order valence-electron chi connectivity index (χ2n) is 5.14. The van der Waals surface area contributed by atoms with Gasteiger partial charge in [0.15, 0.2) is 0 Å². The van der Waals surface area contributed by atoms with Gasteiger partial charge in [-0.3, -0.25) is 4.79 Å². The number of amides is 1. The van der Waals surface area contributed by atoms with Gasteiger partial charge in [0.1, 0.15) is 0 Å². The molecule has 0 saturated heterocycles. The highest BCUT2D eigenvalue weighted by molar-refractivity contribution is 5.75. The Morgan fingerprint density at radius 2 is 1.88 bits per heavy atom. The molecular formula is C14H28N2O. The largest absolute Gasteiger partial charge is 0.356 e. The first kappa shape index (κ1) is 14.5. The minimum absolute atomic E-state index is 0.178. The van der Waals surface area contributed by atoms with Crippen molar-refractivity contribution in [1.29, 1.82) is 0 Å². The van der Waals surface area contributed by atoms with Crippen molar-refractivity contribution in [3.8, 4) is 0 Å². The summed E-state index contributed by atoms with van der Waals surface area (Å²) in [6.07, 6.45) is 10.0. The van der Waals surface area contributed by atoms with E-state index in [9.17, 15) is 4.79 Å². The predicted octanol–water partition coefficient (Wildman–Crippen LogP) is 2.46. The molecule has 0 aliphatic heterocycles. The lowest BCUT2D eigenvalue weighted by molar-refractivity contribution is -0.120. The third kappa shape index (κ3) is 7.37. The van der Waals surface area contributed by atoms with Crippen LogP contribution in [0.3, 0.4) is 0 Å². The molecule has 0 aromatic heterocycles. The summed E-state index contributed by atoms with van der Waals surface area (Å²) in [5.74, 6) is 1.11. The molecule has 1 aliphatic carbocycles. The van der Waals surface area contributed by atoms with Crippen LogP contribution in [0.4, 0.5) is 0 Å². The Labute approximate surface area is 106 Å². The first-order chi connectivity index (χ1) is 8.33. The molecule has 0 unspecified atom stereocenters. The summed E-state index contributed by atoms with van der Waals surface area (Å²) in [4.78, 5) is 11.3. The van der Waals surface area contributed by atoms with E-state index < -0.39 is 0 Å². The molecule has 1 saturated carbocycles. The molecule has 1 rings (SSSR count). The van der Waals surface area contributed by atoms with Gasteiger partial charge in [-0.15, -0.1) is 0 Å². The molecule has 1 amide bonds. The number of carbonyl (C=O) groups excluding carboxylic acids is 1. The Kier molecular flexibility index (Phi) is 8.06. The van der Waals surface area contributed by atoms with Crippen LogP contribution in [-0.2, 0) is 4.79 Å². The molecule has 0 radical (unpaired) electrons. The van der Waals surface area contributed by atoms with Crippen LogP contribution in [0.25, 0.3) is 0 Å². The molecule has 3 heteroatoms. The minimum atomic E-state index is 0.178. The van der Waals surface area contributed by atoms with Crippen molar-refractivity contribution in [2.24, 2.45) is 5.92 Å². The van der Waals surface area contributed by atoms with Crippen molar-refractivity contribution < 1.29 is 4.79 Å². The summed E-state index contributed by atoms with van der Waals surface area (Å²) >= 11 is 0. The number of carbonyl (C=O) groups is 1. The smallest absolute Gasteiger partial charge is 0.221 e. The Balaban J connectivity index is 1.88. The van der Waals surface area contributed by atoms with Crippen molar-refractivity contribution in [1.82, 2.24) is 10.6 Å². The zero-order valence-electron chi connectivity index (χ0n) is 11.3. The molecule has 0 spiro atoms. The molecule has 0 bridgehead atoms. The molecule has 0 atom stereocenters. The van der Waals surface area contributed by atoms with Crippen molar-refractivity contribution in [3.63, 3.8) is 0 Å². The number of rotatable bonds is 8. The third-order valence-corrected chi connectivity index (χ3v) is 3.56. The van der Waals surface area contributed by atoms with Gasteiger partial charge in [0.05, 0.1) is 0 Å². The van der Waals surface area contributed by atoms with Gasteiger partial charge in [0, 0.05) is 19.5 Å². The SMILES string of the molecule is CCCNC(=O)CCNCCC1CCCCC1. The normalized spacial score (nSPS) is 17.0. The molecule has 17 heavy (non-hydrogen) atoms. The average Bonchev–Trinajstić information content (AvgIpc) is 2.37.